The fourth-order valence-corrected chi connectivity index (χ4v) is 3.33. The zero-order valence-corrected chi connectivity index (χ0v) is 13.4. The van der Waals surface area contributed by atoms with E-state index in [0.29, 0.717) is 19.1 Å². The summed E-state index contributed by atoms with van der Waals surface area (Å²) in [5.74, 6) is 2.40. The van der Waals surface area contributed by atoms with Gasteiger partial charge in [0.1, 0.15) is 12.4 Å². The van der Waals surface area contributed by atoms with E-state index in [2.05, 4.69) is 19.1 Å². The molecule has 1 fully saturated rings. The molecule has 1 aliphatic rings. The van der Waals surface area contributed by atoms with Gasteiger partial charge >= 0.3 is 0 Å². The molecule has 1 atom stereocenters. The van der Waals surface area contributed by atoms with Crippen molar-refractivity contribution in [1.82, 2.24) is 0 Å². The fraction of sp³-hybridized carbons (Fsp3) is 0.667. The minimum atomic E-state index is 0.0848. The second-order valence-corrected chi connectivity index (χ2v) is 6.09. The van der Waals surface area contributed by atoms with Gasteiger partial charge in [-0.1, -0.05) is 44.4 Å². The summed E-state index contributed by atoms with van der Waals surface area (Å²) in [4.78, 5) is 0. The lowest BCUT2D eigenvalue weighted by atomic mass is 9.76. The lowest BCUT2D eigenvalue weighted by Crippen LogP contribution is -2.26. The standard InChI is InChI=1S/C18H29NO2/c1-3-14-8-10-15(11-9-14)18(19)16-6-4-5-7-17(16)21-13-12-20-2/h4-7,14-15,18H,3,8-13,19H2,1-2H3. The Bertz CT molecular complexity index is 413. The number of hydrogen-bond donors (Lipinski definition) is 1. The van der Waals surface area contributed by atoms with E-state index >= 15 is 0 Å². The van der Waals surface area contributed by atoms with Gasteiger partial charge < -0.3 is 15.2 Å². The highest BCUT2D eigenvalue weighted by atomic mass is 16.5. The summed E-state index contributed by atoms with van der Waals surface area (Å²) >= 11 is 0. The van der Waals surface area contributed by atoms with E-state index in [4.69, 9.17) is 15.2 Å². The number of para-hydroxylation sites is 1. The monoisotopic (exact) mass is 291 g/mol. The summed E-state index contributed by atoms with van der Waals surface area (Å²) < 4.78 is 10.9. The third kappa shape index (κ3) is 4.45. The number of ether oxygens (including phenoxy) is 2. The first-order valence-electron chi connectivity index (χ1n) is 8.22. The maximum Gasteiger partial charge on any atom is 0.124 e. The molecule has 0 saturated heterocycles. The van der Waals surface area contributed by atoms with Crippen LogP contribution in [0.3, 0.4) is 0 Å². The number of rotatable bonds is 7. The molecule has 3 nitrogen and oxygen atoms in total. The van der Waals surface area contributed by atoms with Crippen molar-refractivity contribution in [3.05, 3.63) is 29.8 Å². The number of hydrogen-bond acceptors (Lipinski definition) is 3. The second kappa shape index (κ2) is 8.40. The third-order valence-electron chi connectivity index (χ3n) is 4.80. The van der Waals surface area contributed by atoms with Crippen LogP contribution in [-0.2, 0) is 4.74 Å². The van der Waals surface area contributed by atoms with Gasteiger partial charge in [0.05, 0.1) is 6.61 Å². The molecule has 1 unspecified atom stereocenters. The molecule has 1 saturated carbocycles. The van der Waals surface area contributed by atoms with Crippen molar-refractivity contribution >= 4 is 0 Å². The van der Waals surface area contributed by atoms with Gasteiger partial charge in [-0.15, -0.1) is 0 Å². The van der Waals surface area contributed by atoms with E-state index in [1.54, 1.807) is 7.11 Å². The molecule has 1 aromatic rings. The fourth-order valence-electron chi connectivity index (χ4n) is 3.33. The zero-order chi connectivity index (χ0) is 15.1. The van der Waals surface area contributed by atoms with Crippen molar-refractivity contribution in [3.8, 4) is 5.75 Å². The first-order valence-corrected chi connectivity index (χ1v) is 8.22. The van der Waals surface area contributed by atoms with Crippen LogP contribution in [-0.4, -0.2) is 20.3 Å². The van der Waals surface area contributed by atoms with Gasteiger partial charge in [0.25, 0.3) is 0 Å². The van der Waals surface area contributed by atoms with Gasteiger partial charge in [0.15, 0.2) is 0 Å². The molecular weight excluding hydrogens is 262 g/mol. The van der Waals surface area contributed by atoms with Crippen LogP contribution in [0.4, 0.5) is 0 Å². The van der Waals surface area contributed by atoms with E-state index in [1.165, 1.54) is 32.1 Å². The Morgan fingerprint density at radius 1 is 1.14 bits per heavy atom. The van der Waals surface area contributed by atoms with E-state index < -0.39 is 0 Å². The predicted molar refractivity (Wildman–Crippen MR) is 86.5 cm³/mol. The van der Waals surface area contributed by atoms with E-state index in [9.17, 15) is 0 Å². The summed E-state index contributed by atoms with van der Waals surface area (Å²) in [7, 11) is 1.69. The Morgan fingerprint density at radius 2 is 1.86 bits per heavy atom. The van der Waals surface area contributed by atoms with Crippen molar-refractivity contribution < 1.29 is 9.47 Å². The highest BCUT2D eigenvalue weighted by Gasteiger charge is 2.27. The Kier molecular flexibility index (Phi) is 6.52. The summed E-state index contributed by atoms with van der Waals surface area (Å²) in [5.41, 5.74) is 7.70. The van der Waals surface area contributed by atoms with Crippen molar-refractivity contribution in [2.45, 2.75) is 45.1 Å². The lowest BCUT2D eigenvalue weighted by Gasteiger charge is -2.32. The van der Waals surface area contributed by atoms with Crippen molar-refractivity contribution in [3.63, 3.8) is 0 Å². The topological polar surface area (TPSA) is 44.5 Å². The van der Waals surface area contributed by atoms with E-state index in [-0.39, 0.29) is 6.04 Å². The van der Waals surface area contributed by atoms with Gasteiger partial charge in [-0.25, -0.2) is 0 Å². The molecule has 0 bridgehead atoms. The SMILES string of the molecule is CCC1CCC(C(N)c2ccccc2OCCOC)CC1. The quantitative estimate of drug-likeness (QED) is 0.774. The lowest BCUT2D eigenvalue weighted by molar-refractivity contribution is 0.144. The molecule has 0 amide bonds. The number of benzene rings is 1. The largest absolute Gasteiger partial charge is 0.491 e. The smallest absolute Gasteiger partial charge is 0.124 e. The Hall–Kier alpha value is -1.06. The predicted octanol–water partition coefficient (Wildman–Crippen LogP) is 3.93. The molecular formula is C18H29NO2. The molecule has 2 rings (SSSR count). The Morgan fingerprint density at radius 3 is 2.52 bits per heavy atom. The van der Waals surface area contributed by atoms with Crippen molar-refractivity contribution in [2.75, 3.05) is 20.3 Å². The molecule has 0 heterocycles. The summed E-state index contributed by atoms with van der Waals surface area (Å²) in [5, 5.41) is 0. The van der Waals surface area contributed by atoms with E-state index in [0.717, 1.165) is 17.2 Å². The third-order valence-corrected chi connectivity index (χ3v) is 4.80. The van der Waals surface area contributed by atoms with E-state index in [1.807, 2.05) is 12.1 Å². The molecule has 2 N–H and O–H groups in total. The highest BCUT2D eigenvalue weighted by molar-refractivity contribution is 5.36. The summed E-state index contributed by atoms with van der Waals surface area (Å²) in [6.45, 7) is 3.47. The highest BCUT2D eigenvalue weighted by Crippen LogP contribution is 2.39. The van der Waals surface area contributed by atoms with Crippen LogP contribution in [0, 0.1) is 11.8 Å². The number of nitrogens with two attached hydrogens (primary N) is 1. The van der Waals surface area contributed by atoms with Crippen LogP contribution in [0.2, 0.25) is 0 Å². The maximum absolute atomic E-state index is 6.55. The minimum Gasteiger partial charge on any atom is -0.491 e. The molecule has 118 valence electrons. The van der Waals surface area contributed by atoms with Crippen LogP contribution in [0.25, 0.3) is 0 Å². The van der Waals surface area contributed by atoms with Crippen LogP contribution < -0.4 is 10.5 Å². The van der Waals surface area contributed by atoms with Crippen LogP contribution in [0.1, 0.15) is 50.6 Å². The molecule has 0 aliphatic heterocycles. The second-order valence-electron chi connectivity index (χ2n) is 6.09. The summed E-state index contributed by atoms with van der Waals surface area (Å²) in [6.07, 6.45) is 6.43. The average Bonchev–Trinajstić information content (AvgIpc) is 2.55. The number of methoxy groups -OCH3 is 1. The summed E-state index contributed by atoms with van der Waals surface area (Å²) in [6, 6.07) is 8.27. The van der Waals surface area contributed by atoms with Crippen LogP contribution in [0.15, 0.2) is 24.3 Å². The normalized spacial score (nSPS) is 23.8. The van der Waals surface area contributed by atoms with Gasteiger partial charge in [-0.2, -0.15) is 0 Å². The molecule has 3 heteroatoms. The van der Waals surface area contributed by atoms with Crippen LogP contribution in [0.5, 0.6) is 5.75 Å². The maximum atomic E-state index is 6.55. The molecule has 0 aromatic heterocycles. The van der Waals surface area contributed by atoms with Crippen molar-refractivity contribution in [1.29, 1.82) is 0 Å². The van der Waals surface area contributed by atoms with Crippen molar-refractivity contribution in [2.24, 2.45) is 17.6 Å². The minimum absolute atomic E-state index is 0.0848. The van der Waals surface area contributed by atoms with Gasteiger partial charge in [-0.3, -0.25) is 0 Å². The first kappa shape index (κ1) is 16.3. The van der Waals surface area contributed by atoms with Gasteiger partial charge in [-0.05, 0) is 30.7 Å². The molecule has 0 spiro atoms. The van der Waals surface area contributed by atoms with Gasteiger partial charge in [0, 0.05) is 18.7 Å². The molecule has 21 heavy (non-hydrogen) atoms. The van der Waals surface area contributed by atoms with Gasteiger partial charge in [0.2, 0.25) is 0 Å². The van der Waals surface area contributed by atoms with Crippen LogP contribution >= 0.6 is 0 Å². The Balaban J connectivity index is 2.00. The molecule has 1 aromatic carbocycles. The first-order chi connectivity index (χ1) is 10.3. The Labute approximate surface area is 128 Å². The molecule has 1 aliphatic carbocycles. The average molecular weight is 291 g/mol. The molecule has 0 radical (unpaired) electrons. The zero-order valence-electron chi connectivity index (χ0n) is 13.4.